The monoisotopic (exact) mass is 328 g/mol. The molecule has 0 amide bonds. The minimum atomic E-state index is -0.651. The molecule has 24 heavy (non-hydrogen) atoms. The van der Waals surface area contributed by atoms with E-state index < -0.39 is 17.9 Å². The molecule has 0 saturated carbocycles. The van der Waals surface area contributed by atoms with Gasteiger partial charge in [0.15, 0.2) is 0 Å². The zero-order valence-corrected chi connectivity index (χ0v) is 13.3. The molecule has 0 aliphatic rings. The molecule has 0 fully saturated rings. The van der Waals surface area contributed by atoms with Crippen LogP contribution in [0.5, 0.6) is 5.75 Å². The standard InChI is InChI=1S/C18H16O6/c1-3-23-16(19)12-8-10-13(11-9-12)17(20)24-15-7-5-4-6-14(15)18(21)22-2/h4-11H,3H2,1-2H3. The van der Waals surface area contributed by atoms with E-state index in [2.05, 4.69) is 4.74 Å². The van der Waals surface area contributed by atoms with E-state index >= 15 is 0 Å². The number of para-hydroxylation sites is 1. The van der Waals surface area contributed by atoms with Gasteiger partial charge in [-0.3, -0.25) is 0 Å². The van der Waals surface area contributed by atoms with E-state index in [4.69, 9.17) is 9.47 Å². The molecule has 0 aliphatic heterocycles. The molecule has 0 atom stereocenters. The number of rotatable bonds is 5. The van der Waals surface area contributed by atoms with Crippen molar-refractivity contribution in [2.45, 2.75) is 6.92 Å². The third-order valence-corrected chi connectivity index (χ3v) is 3.13. The van der Waals surface area contributed by atoms with Gasteiger partial charge in [-0.1, -0.05) is 12.1 Å². The summed E-state index contributed by atoms with van der Waals surface area (Å²) in [5, 5.41) is 0. The molecule has 6 heteroatoms. The van der Waals surface area contributed by atoms with Crippen molar-refractivity contribution in [3.63, 3.8) is 0 Å². The first-order chi connectivity index (χ1) is 11.6. The van der Waals surface area contributed by atoms with E-state index in [1.165, 1.54) is 43.5 Å². The number of hydrogen-bond donors (Lipinski definition) is 0. The summed E-state index contributed by atoms with van der Waals surface area (Å²) in [7, 11) is 1.25. The molecule has 0 N–H and O–H groups in total. The molecule has 6 nitrogen and oxygen atoms in total. The lowest BCUT2D eigenvalue weighted by Gasteiger charge is -2.09. The number of hydrogen-bond acceptors (Lipinski definition) is 6. The Bertz CT molecular complexity index is 748. The number of methoxy groups -OCH3 is 1. The van der Waals surface area contributed by atoms with Crippen LogP contribution in [0.15, 0.2) is 48.5 Å². The molecule has 124 valence electrons. The molecule has 0 radical (unpaired) electrons. The van der Waals surface area contributed by atoms with Gasteiger partial charge in [0.25, 0.3) is 0 Å². The lowest BCUT2D eigenvalue weighted by molar-refractivity contribution is 0.0523. The number of benzene rings is 2. The molecule has 0 saturated heterocycles. The minimum absolute atomic E-state index is 0.101. The second kappa shape index (κ2) is 7.92. The van der Waals surface area contributed by atoms with Gasteiger partial charge in [-0.2, -0.15) is 0 Å². The van der Waals surface area contributed by atoms with Crippen LogP contribution in [0.4, 0.5) is 0 Å². The van der Waals surface area contributed by atoms with Crippen LogP contribution in [0, 0.1) is 0 Å². The van der Waals surface area contributed by atoms with Gasteiger partial charge in [0.1, 0.15) is 11.3 Å². The van der Waals surface area contributed by atoms with E-state index in [9.17, 15) is 14.4 Å². The lowest BCUT2D eigenvalue weighted by Crippen LogP contribution is -2.12. The van der Waals surface area contributed by atoms with Gasteiger partial charge in [-0.25, -0.2) is 14.4 Å². The van der Waals surface area contributed by atoms with E-state index in [1.54, 1.807) is 19.1 Å². The van der Waals surface area contributed by atoms with Crippen LogP contribution < -0.4 is 4.74 Å². The maximum absolute atomic E-state index is 12.2. The van der Waals surface area contributed by atoms with E-state index in [0.717, 1.165) is 0 Å². The fourth-order valence-corrected chi connectivity index (χ4v) is 1.95. The average Bonchev–Trinajstić information content (AvgIpc) is 2.62. The number of ether oxygens (including phenoxy) is 3. The Morgan fingerprint density at radius 2 is 1.42 bits per heavy atom. The number of carbonyl (C=O) groups is 3. The number of esters is 3. The van der Waals surface area contributed by atoms with Crippen molar-refractivity contribution < 1.29 is 28.6 Å². The first-order valence-corrected chi connectivity index (χ1v) is 7.23. The predicted molar refractivity (Wildman–Crippen MR) is 85.1 cm³/mol. The molecule has 2 aromatic carbocycles. The van der Waals surface area contributed by atoms with Crippen molar-refractivity contribution in [2.24, 2.45) is 0 Å². The highest BCUT2D eigenvalue weighted by molar-refractivity contribution is 5.97. The fraction of sp³-hybridized carbons (Fsp3) is 0.167. The molecule has 0 unspecified atom stereocenters. The molecule has 0 bridgehead atoms. The molecule has 0 heterocycles. The quantitative estimate of drug-likeness (QED) is 0.620. The van der Waals surface area contributed by atoms with Gasteiger partial charge in [-0.05, 0) is 43.3 Å². The van der Waals surface area contributed by atoms with Crippen molar-refractivity contribution in [2.75, 3.05) is 13.7 Å². The van der Waals surface area contributed by atoms with Gasteiger partial charge >= 0.3 is 17.9 Å². The number of carbonyl (C=O) groups excluding carboxylic acids is 3. The van der Waals surface area contributed by atoms with E-state index in [1.807, 2.05) is 0 Å². The second-order valence-corrected chi connectivity index (χ2v) is 4.68. The summed E-state index contributed by atoms with van der Waals surface area (Å²) >= 11 is 0. The van der Waals surface area contributed by atoms with Crippen LogP contribution >= 0.6 is 0 Å². The maximum Gasteiger partial charge on any atom is 0.343 e. The summed E-state index contributed by atoms with van der Waals surface area (Å²) in [5.74, 6) is -1.62. The van der Waals surface area contributed by atoms with E-state index in [0.29, 0.717) is 5.56 Å². The SMILES string of the molecule is CCOC(=O)c1ccc(C(=O)Oc2ccccc2C(=O)OC)cc1. The summed E-state index contributed by atoms with van der Waals surface area (Å²) < 4.78 is 14.8. The van der Waals surface area contributed by atoms with Gasteiger partial charge < -0.3 is 14.2 Å². The van der Waals surface area contributed by atoms with E-state index in [-0.39, 0.29) is 23.5 Å². The Hall–Kier alpha value is -3.15. The molecule has 2 rings (SSSR count). The van der Waals surface area contributed by atoms with Crippen molar-refractivity contribution in [1.82, 2.24) is 0 Å². The molecule has 0 aromatic heterocycles. The van der Waals surface area contributed by atoms with Crippen molar-refractivity contribution in [3.8, 4) is 5.75 Å². The lowest BCUT2D eigenvalue weighted by atomic mass is 10.1. The van der Waals surface area contributed by atoms with Crippen molar-refractivity contribution in [1.29, 1.82) is 0 Å². The van der Waals surface area contributed by atoms with Crippen molar-refractivity contribution in [3.05, 3.63) is 65.2 Å². The highest BCUT2D eigenvalue weighted by atomic mass is 16.5. The molecule has 0 aliphatic carbocycles. The van der Waals surface area contributed by atoms with Crippen LogP contribution in [-0.4, -0.2) is 31.6 Å². The third kappa shape index (κ3) is 3.98. The summed E-state index contributed by atoms with van der Waals surface area (Å²) in [6.45, 7) is 1.98. The molecule has 0 spiro atoms. The van der Waals surface area contributed by atoms with Gasteiger partial charge in [0.2, 0.25) is 0 Å². The molecule has 2 aromatic rings. The van der Waals surface area contributed by atoms with Crippen LogP contribution in [0.25, 0.3) is 0 Å². The van der Waals surface area contributed by atoms with Crippen LogP contribution in [0.3, 0.4) is 0 Å². The smallest absolute Gasteiger partial charge is 0.343 e. The van der Waals surface area contributed by atoms with Gasteiger partial charge in [-0.15, -0.1) is 0 Å². The van der Waals surface area contributed by atoms with Crippen LogP contribution in [-0.2, 0) is 9.47 Å². The highest BCUT2D eigenvalue weighted by Gasteiger charge is 2.17. The largest absolute Gasteiger partial charge is 0.465 e. The van der Waals surface area contributed by atoms with Crippen molar-refractivity contribution >= 4 is 17.9 Å². The summed E-state index contributed by atoms with van der Waals surface area (Å²) in [4.78, 5) is 35.4. The topological polar surface area (TPSA) is 78.9 Å². The normalized spacial score (nSPS) is 9.92. The third-order valence-electron chi connectivity index (χ3n) is 3.13. The fourth-order valence-electron chi connectivity index (χ4n) is 1.95. The summed E-state index contributed by atoms with van der Waals surface area (Å²) in [6.07, 6.45) is 0. The second-order valence-electron chi connectivity index (χ2n) is 4.68. The summed E-state index contributed by atoms with van der Waals surface area (Å²) in [5.41, 5.74) is 0.725. The average molecular weight is 328 g/mol. The van der Waals surface area contributed by atoms with Gasteiger partial charge in [0.05, 0.1) is 24.8 Å². The first-order valence-electron chi connectivity index (χ1n) is 7.23. The predicted octanol–water partition coefficient (Wildman–Crippen LogP) is 2.87. The Labute approximate surface area is 139 Å². The Morgan fingerprint density at radius 3 is 2.00 bits per heavy atom. The first kappa shape index (κ1) is 17.2. The summed E-state index contributed by atoms with van der Waals surface area (Å²) in [6, 6.07) is 12.1. The Morgan fingerprint density at radius 1 is 0.833 bits per heavy atom. The zero-order valence-electron chi connectivity index (χ0n) is 13.3. The maximum atomic E-state index is 12.2. The highest BCUT2D eigenvalue weighted by Crippen LogP contribution is 2.20. The van der Waals surface area contributed by atoms with Crippen LogP contribution in [0.1, 0.15) is 38.0 Å². The Balaban J connectivity index is 2.16. The molecular formula is C18H16O6. The van der Waals surface area contributed by atoms with Gasteiger partial charge in [0, 0.05) is 0 Å². The molecular weight excluding hydrogens is 312 g/mol. The Kier molecular flexibility index (Phi) is 5.68. The zero-order chi connectivity index (χ0) is 17.5. The van der Waals surface area contributed by atoms with Crippen LogP contribution in [0.2, 0.25) is 0 Å². The minimum Gasteiger partial charge on any atom is -0.465 e.